The highest BCUT2D eigenvalue weighted by molar-refractivity contribution is 5.94. The molecule has 1 aliphatic heterocycles. The van der Waals surface area contributed by atoms with Gasteiger partial charge in [-0.25, -0.2) is 8.78 Å². The molecule has 2 rings (SSSR count). The van der Waals surface area contributed by atoms with E-state index in [-0.39, 0.29) is 11.6 Å². The molecule has 1 aliphatic rings. The van der Waals surface area contributed by atoms with Gasteiger partial charge in [0.1, 0.15) is 11.6 Å². The molecule has 104 valence electrons. The summed E-state index contributed by atoms with van der Waals surface area (Å²) in [5, 5.41) is 6.08. The summed E-state index contributed by atoms with van der Waals surface area (Å²) in [6.07, 6.45) is 2.00. The molecule has 0 radical (unpaired) electrons. The first-order valence-corrected chi connectivity index (χ1v) is 6.54. The third kappa shape index (κ3) is 3.73. The van der Waals surface area contributed by atoms with Crippen LogP contribution in [-0.2, 0) is 0 Å². The van der Waals surface area contributed by atoms with E-state index in [1.54, 1.807) is 0 Å². The second kappa shape index (κ2) is 6.10. The molecule has 1 heterocycles. The number of carbonyl (C=O) groups is 1. The molecule has 1 fully saturated rings. The van der Waals surface area contributed by atoms with Crippen molar-refractivity contribution in [2.24, 2.45) is 5.92 Å². The minimum Gasteiger partial charge on any atom is -0.349 e. The van der Waals surface area contributed by atoms with Gasteiger partial charge in [0.15, 0.2) is 0 Å². The first kappa shape index (κ1) is 13.9. The Kier molecular flexibility index (Phi) is 4.47. The Balaban J connectivity index is 1.99. The van der Waals surface area contributed by atoms with Crippen LogP contribution in [0.2, 0.25) is 0 Å². The Hall–Kier alpha value is -1.49. The summed E-state index contributed by atoms with van der Waals surface area (Å²) in [6, 6.07) is 2.86. The van der Waals surface area contributed by atoms with Crippen molar-refractivity contribution in [1.82, 2.24) is 10.6 Å². The average Bonchev–Trinajstić information content (AvgIpc) is 2.38. The zero-order valence-electron chi connectivity index (χ0n) is 10.9. The number of hydrogen-bond donors (Lipinski definition) is 2. The lowest BCUT2D eigenvalue weighted by atomic mass is 9.91. The molecule has 0 spiro atoms. The van der Waals surface area contributed by atoms with E-state index in [4.69, 9.17) is 0 Å². The van der Waals surface area contributed by atoms with E-state index in [0.717, 1.165) is 44.1 Å². The molecule has 0 saturated carbocycles. The first-order chi connectivity index (χ1) is 9.06. The van der Waals surface area contributed by atoms with Crippen molar-refractivity contribution in [3.05, 3.63) is 35.4 Å². The topological polar surface area (TPSA) is 41.1 Å². The van der Waals surface area contributed by atoms with Gasteiger partial charge in [0.05, 0.1) is 0 Å². The van der Waals surface area contributed by atoms with Crippen molar-refractivity contribution in [3.63, 3.8) is 0 Å². The molecule has 0 bridgehead atoms. The number of rotatable bonds is 3. The summed E-state index contributed by atoms with van der Waals surface area (Å²) in [4.78, 5) is 11.9. The Morgan fingerprint density at radius 2 is 1.84 bits per heavy atom. The Bertz CT molecular complexity index is 439. The predicted octanol–water partition coefficient (Wildman–Crippen LogP) is 2.08. The fourth-order valence-electron chi connectivity index (χ4n) is 2.44. The van der Waals surface area contributed by atoms with Crippen LogP contribution < -0.4 is 10.6 Å². The second-order valence-electron chi connectivity index (χ2n) is 5.01. The van der Waals surface area contributed by atoms with Crippen LogP contribution in [-0.4, -0.2) is 25.0 Å². The smallest absolute Gasteiger partial charge is 0.251 e. The van der Waals surface area contributed by atoms with Crippen molar-refractivity contribution in [1.29, 1.82) is 0 Å². The van der Waals surface area contributed by atoms with E-state index in [1.165, 1.54) is 0 Å². The van der Waals surface area contributed by atoms with Crippen LogP contribution in [0.5, 0.6) is 0 Å². The maximum absolute atomic E-state index is 13.1. The fourth-order valence-corrected chi connectivity index (χ4v) is 2.44. The van der Waals surface area contributed by atoms with Crippen molar-refractivity contribution in [2.75, 3.05) is 13.1 Å². The lowest BCUT2D eigenvalue weighted by molar-refractivity contribution is 0.0919. The number of halogens is 2. The maximum Gasteiger partial charge on any atom is 0.251 e. The first-order valence-electron chi connectivity index (χ1n) is 6.54. The largest absolute Gasteiger partial charge is 0.349 e. The van der Waals surface area contributed by atoms with E-state index in [9.17, 15) is 13.6 Å². The number of piperidine rings is 1. The molecule has 19 heavy (non-hydrogen) atoms. The van der Waals surface area contributed by atoms with E-state index >= 15 is 0 Å². The number of hydrogen-bond acceptors (Lipinski definition) is 2. The number of benzene rings is 1. The number of amides is 1. The number of carbonyl (C=O) groups excluding carboxylic acids is 1. The van der Waals surface area contributed by atoms with E-state index < -0.39 is 17.5 Å². The van der Waals surface area contributed by atoms with Crippen LogP contribution in [0.4, 0.5) is 8.78 Å². The highest BCUT2D eigenvalue weighted by Gasteiger charge is 2.22. The summed E-state index contributed by atoms with van der Waals surface area (Å²) in [5.41, 5.74) is 0.0262. The highest BCUT2D eigenvalue weighted by Crippen LogP contribution is 2.17. The van der Waals surface area contributed by atoms with Gasteiger partial charge in [-0.15, -0.1) is 0 Å². The van der Waals surface area contributed by atoms with Crippen LogP contribution in [0.15, 0.2) is 18.2 Å². The van der Waals surface area contributed by atoms with Gasteiger partial charge in [0, 0.05) is 17.7 Å². The monoisotopic (exact) mass is 268 g/mol. The van der Waals surface area contributed by atoms with E-state index in [1.807, 2.05) is 6.92 Å². The molecule has 2 N–H and O–H groups in total. The third-order valence-corrected chi connectivity index (χ3v) is 3.57. The van der Waals surface area contributed by atoms with Gasteiger partial charge in [-0.05, 0) is 50.9 Å². The summed E-state index contributed by atoms with van der Waals surface area (Å²) in [6.45, 7) is 3.82. The average molecular weight is 268 g/mol. The lowest BCUT2D eigenvalue weighted by Gasteiger charge is -2.28. The van der Waals surface area contributed by atoms with Crippen LogP contribution >= 0.6 is 0 Å². The SMILES string of the molecule is CC(NC(=O)c1cc(F)cc(F)c1)C1CCNCC1. The molecule has 3 nitrogen and oxygen atoms in total. The minimum absolute atomic E-state index is 0.000860. The lowest BCUT2D eigenvalue weighted by Crippen LogP contribution is -2.42. The van der Waals surface area contributed by atoms with Gasteiger partial charge in [-0.1, -0.05) is 0 Å². The standard InChI is InChI=1S/C14H18F2N2O/c1-9(10-2-4-17-5-3-10)18-14(19)11-6-12(15)8-13(16)7-11/h6-10,17H,2-5H2,1H3,(H,18,19). The summed E-state index contributed by atoms with van der Waals surface area (Å²) in [7, 11) is 0. The zero-order chi connectivity index (χ0) is 13.8. The van der Waals surface area contributed by atoms with Crippen LogP contribution in [0.3, 0.4) is 0 Å². The fraction of sp³-hybridized carbons (Fsp3) is 0.500. The molecule has 0 aliphatic carbocycles. The summed E-state index contributed by atoms with van der Waals surface area (Å²) >= 11 is 0. The maximum atomic E-state index is 13.1. The molecule has 1 amide bonds. The van der Waals surface area contributed by atoms with E-state index in [0.29, 0.717) is 5.92 Å². The normalized spacial score (nSPS) is 18.1. The molecule has 0 aromatic heterocycles. The van der Waals surface area contributed by atoms with E-state index in [2.05, 4.69) is 10.6 Å². The van der Waals surface area contributed by atoms with Crippen molar-refractivity contribution >= 4 is 5.91 Å². The quantitative estimate of drug-likeness (QED) is 0.881. The molecule has 1 aromatic carbocycles. The molecule has 1 aromatic rings. The Morgan fingerprint density at radius 3 is 2.42 bits per heavy atom. The summed E-state index contributed by atoms with van der Waals surface area (Å²) in [5.74, 6) is -1.49. The van der Waals surface area contributed by atoms with Gasteiger partial charge in [-0.3, -0.25) is 4.79 Å². The van der Waals surface area contributed by atoms with Crippen molar-refractivity contribution < 1.29 is 13.6 Å². The van der Waals surface area contributed by atoms with Crippen LogP contribution in [0.25, 0.3) is 0 Å². The molecule has 5 heteroatoms. The van der Waals surface area contributed by atoms with Crippen molar-refractivity contribution in [3.8, 4) is 0 Å². The highest BCUT2D eigenvalue weighted by atomic mass is 19.1. The van der Waals surface area contributed by atoms with Crippen molar-refractivity contribution in [2.45, 2.75) is 25.8 Å². The zero-order valence-corrected chi connectivity index (χ0v) is 10.9. The van der Waals surface area contributed by atoms with Crippen LogP contribution in [0, 0.1) is 17.6 Å². The van der Waals surface area contributed by atoms with Gasteiger partial charge < -0.3 is 10.6 Å². The predicted molar refractivity (Wildman–Crippen MR) is 68.9 cm³/mol. The number of nitrogens with one attached hydrogen (secondary N) is 2. The molecule has 1 unspecified atom stereocenters. The van der Waals surface area contributed by atoms with Gasteiger partial charge in [0.25, 0.3) is 5.91 Å². The Morgan fingerprint density at radius 1 is 1.26 bits per heavy atom. The van der Waals surface area contributed by atoms with Gasteiger partial charge >= 0.3 is 0 Å². The Labute approximate surface area is 111 Å². The molecule has 1 atom stereocenters. The second-order valence-corrected chi connectivity index (χ2v) is 5.01. The van der Waals surface area contributed by atoms with Gasteiger partial charge in [-0.2, -0.15) is 0 Å². The molecular weight excluding hydrogens is 250 g/mol. The third-order valence-electron chi connectivity index (χ3n) is 3.57. The molecule has 1 saturated heterocycles. The van der Waals surface area contributed by atoms with Gasteiger partial charge in [0.2, 0.25) is 0 Å². The minimum atomic E-state index is -0.736. The van der Waals surface area contributed by atoms with Crippen LogP contribution in [0.1, 0.15) is 30.1 Å². The molecular formula is C14H18F2N2O. The summed E-state index contributed by atoms with van der Waals surface area (Å²) < 4.78 is 26.1.